The summed E-state index contributed by atoms with van der Waals surface area (Å²) in [6, 6.07) is 7.22. The van der Waals surface area contributed by atoms with E-state index in [1.165, 1.54) is 0 Å². The first-order valence-electron chi connectivity index (χ1n) is 8.57. The van der Waals surface area contributed by atoms with E-state index in [-0.39, 0.29) is 16.7 Å². The quantitative estimate of drug-likeness (QED) is 0.781. The van der Waals surface area contributed by atoms with Gasteiger partial charge in [0.15, 0.2) is 0 Å². The molecule has 1 aromatic carbocycles. The third-order valence-electron chi connectivity index (χ3n) is 5.09. The van der Waals surface area contributed by atoms with Crippen molar-refractivity contribution in [3.8, 4) is 5.75 Å². The molecule has 1 N–H and O–H groups in total. The fourth-order valence-electron chi connectivity index (χ4n) is 3.63. The number of phenolic OH excluding ortho intramolecular Hbond substituents is 1. The van der Waals surface area contributed by atoms with Crippen LogP contribution < -0.4 is 5.56 Å². The second kappa shape index (κ2) is 5.69. The topological polar surface area (TPSA) is 68.0 Å². The number of phenols is 1. The number of hydrogen-bond acceptors (Lipinski definition) is 4. The lowest BCUT2D eigenvalue weighted by Gasteiger charge is -2.30. The highest BCUT2D eigenvalue weighted by atomic mass is 16.3. The molecule has 0 spiro atoms. The van der Waals surface area contributed by atoms with E-state index < -0.39 is 0 Å². The molecule has 5 nitrogen and oxygen atoms in total. The molecule has 0 bridgehead atoms. The highest BCUT2D eigenvalue weighted by Crippen LogP contribution is 2.32. The van der Waals surface area contributed by atoms with Gasteiger partial charge < -0.3 is 5.11 Å². The Kier molecular flexibility index (Phi) is 3.60. The number of benzene rings is 1. The van der Waals surface area contributed by atoms with Crippen molar-refractivity contribution in [2.45, 2.75) is 39.7 Å². The SMILES string of the molecule is CC1(C)CCc2ncn(Cc3ccc(O)c4ncccc34)c(=O)c2C1. The zero-order valence-corrected chi connectivity index (χ0v) is 14.5. The number of pyridine rings is 1. The van der Waals surface area contributed by atoms with Crippen molar-refractivity contribution in [2.24, 2.45) is 5.41 Å². The second-order valence-electron chi connectivity index (χ2n) is 7.59. The molecule has 0 unspecified atom stereocenters. The zero-order chi connectivity index (χ0) is 17.6. The van der Waals surface area contributed by atoms with Crippen LogP contribution in [0.2, 0.25) is 0 Å². The van der Waals surface area contributed by atoms with Crippen LogP contribution in [-0.2, 0) is 19.4 Å². The highest BCUT2D eigenvalue weighted by molar-refractivity contribution is 5.87. The third-order valence-corrected chi connectivity index (χ3v) is 5.09. The van der Waals surface area contributed by atoms with Crippen molar-refractivity contribution < 1.29 is 5.11 Å². The van der Waals surface area contributed by atoms with Gasteiger partial charge in [0.2, 0.25) is 0 Å². The van der Waals surface area contributed by atoms with Gasteiger partial charge in [-0.2, -0.15) is 0 Å². The first-order valence-corrected chi connectivity index (χ1v) is 8.57. The van der Waals surface area contributed by atoms with Crippen molar-refractivity contribution in [3.63, 3.8) is 0 Å². The van der Waals surface area contributed by atoms with Gasteiger partial charge in [-0.05, 0) is 42.4 Å². The van der Waals surface area contributed by atoms with Crippen molar-refractivity contribution in [2.75, 3.05) is 0 Å². The lowest BCUT2D eigenvalue weighted by Crippen LogP contribution is -2.33. The van der Waals surface area contributed by atoms with E-state index in [9.17, 15) is 9.90 Å². The van der Waals surface area contributed by atoms with Gasteiger partial charge in [-0.3, -0.25) is 14.3 Å². The van der Waals surface area contributed by atoms with Gasteiger partial charge in [0.1, 0.15) is 11.3 Å². The van der Waals surface area contributed by atoms with Crippen LogP contribution in [0.3, 0.4) is 0 Å². The molecule has 2 heterocycles. The fraction of sp³-hybridized carbons (Fsp3) is 0.350. The minimum atomic E-state index is 0.0443. The number of aromatic nitrogens is 3. The molecule has 25 heavy (non-hydrogen) atoms. The lowest BCUT2D eigenvalue weighted by molar-refractivity contribution is 0.308. The Balaban J connectivity index is 1.78. The molecule has 0 aliphatic heterocycles. The summed E-state index contributed by atoms with van der Waals surface area (Å²) in [5.74, 6) is 0.150. The minimum Gasteiger partial charge on any atom is -0.506 e. The minimum absolute atomic E-state index is 0.0443. The van der Waals surface area contributed by atoms with Crippen LogP contribution in [-0.4, -0.2) is 19.6 Å². The molecule has 5 heteroatoms. The van der Waals surface area contributed by atoms with E-state index >= 15 is 0 Å². The predicted molar refractivity (Wildman–Crippen MR) is 96.8 cm³/mol. The molecule has 4 rings (SSSR count). The van der Waals surface area contributed by atoms with Crippen molar-refractivity contribution in [1.29, 1.82) is 0 Å². The Hall–Kier alpha value is -2.69. The van der Waals surface area contributed by atoms with E-state index in [0.29, 0.717) is 12.1 Å². The number of nitrogens with zero attached hydrogens (tertiary/aromatic N) is 3. The van der Waals surface area contributed by atoms with E-state index in [4.69, 9.17) is 0 Å². The Morgan fingerprint density at radius 1 is 1.24 bits per heavy atom. The average Bonchev–Trinajstić information content (AvgIpc) is 2.60. The van der Waals surface area contributed by atoms with Crippen LogP contribution in [0.25, 0.3) is 10.9 Å². The Bertz CT molecular complexity index is 1020. The van der Waals surface area contributed by atoms with Crippen LogP contribution in [0.15, 0.2) is 41.6 Å². The van der Waals surface area contributed by atoms with Gasteiger partial charge in [0, 0.05) is 17.1 Å². The maximum atomic E-state index is 13.0. The Morgan fingerprint density at radius 3 is 2.92 bits per heavy atom. The van der Waals surface area contributed by atoms with Crippen LogP contribution in [0.1, 0.15) is 37.1 Å². The summed E-state index contributed by atoms with van der Waals surface area (Å²) in [5, 5.41) is 10.8. The van der Waals surface area contributed by atoms with Crippen molar-refractivity contribution in [1.82, 2.24) is 14.5 Å². The summed E-state index contributed by atoms with van der Waals surface area (Å²) in [5.41, 5.74) is 3.47. The number of hydrogen-bond donors (Lipinski definition) is 1. The second-order valence-corrected chi connectivity index (χ2v) is 7.59. The van der Waals surface area contributed by atoms with Gasteiger partial charge in [-0.15, -0.1) is 0 Å². The van der Waals surface area contributed by atoms with Crippen LogP contribution in [0, 0.1) is 5.41 Å². The number of rotatable bonds is 2. The normalized spacial score (nSPS) is 15.9. The van der Waals surface area contributed by atoms with Crippen LogP contribution in [0.4, 0.5) is 0 Å². The summed E-state index contributed by atoms with van der Waals surface area (Å²) in [6.45, 7) is 4.82. The zero-order valence-electron chi connectivity index (χ0n) is 14.5. The Labute approximate surface area is 146 Å². The number of aromatic hydroxyl groups is 1. The first kappa shape index (κ1) is 15.8. The molecule has 0 radical (unpaired) electrons. The molecule has 0 saturated heterocycles. The van der Waals surface area contributed by atoms with Gasteiger partial charge in [0.25, 0.3) is 5.56 Å². The third kappa shape index (κ3) is 2.80. The molecular weight excluding hydrogens is 314 g/mol. The summed E-state index contributed by atoms with van der Waals surface area (Å²) >= 11 is 0. The van der Waals surface area contributed by atoms with E-state index in [2.05, 4.69) is 23.8 Å². The molecule has 128 valence electrons. The van der Waals surface area contributed by atoms with Crippen LogP contribution in [0.5, 0.6) is 5.75 Å². The van der Waals surface area contributed by atoms with Gasteiger partial charge in [-0.25, -0.2) is 4.98 Å². The summed E-state index contributed by atoms with van der Waals surface area (Å²) in [4.78, 5) is 21.7. The van der Waals surface area contributed by atoms with Gasteiger partial charge >= 0.3 is 0 Å². The molecule has 0 saturated carbocycles. The van der Waals surface area contributed by atoms with Crippen molar-refractivity contribution >= 4 is 10.9 Å². The summed E-state index contributed by atoms with van der Waals surface area (Å²) < 4.78 is 1.67. The van der Waals surface area contributed by atoms with Gasteiger partial charge in [0.05, 0.1) is 18.6 Å². The van der Waals surface area contributed by atoms with Gasteiger partial charge in [-0.1, -0.05) is 26.0 Å². The molecule has 0 atom stereocenters. The summed E-state index contributed by atoms with van der Waals surface area (Å²) in [7, 11) is 0. The van der Waals surface area contributed by atoms with E-state index in [1.807, 2.05) is 18.2 Å². The molecular formula is C20H21N3O2. The Morgan fingerprint density at radius 2 is 2.08 bits per heavy atom. The van der Waals surface area contributed by atoms with Crippen molar-refractivity contribution in [3.05, 3.63) is 64.0 Å². The average molecular weight is 335 g/mol. The number of fused-ring (bicyclic) bond motifs is 2. The standard InChI is InChI=1S/C20H21N3O2/c1-20(2)8-7-16-15(10-20)19(25)23(12-22-16)11-13-5-6-17(24)18-14(13)4-3-9-21-18/h3-6,9,12,24H,7-8,10-11H2,1-2H3. The summed E-state index contributed by atoms with van der Waals surface area (Å²) in [6.07, 6.45) is 6.00. The fourth-order valence-corrected chi connectivity index (χ4v) is 3.63. The molecule has 0 amide bonds. The van der Waals surface area contributed by atoms with E-state index in [0.717, 1.165) is 41.5 Å². The molecule has 1 aliphatic carbocycles. The smallest absolute Gasteiger partial charge is 0.257 e. The highest BCUT2D eigenvalue weighted by Gasteiger charge is 2.28. The monoisotopic (exact) mass is 335 g/mol. The van der Waals surface area contributed by atoms with Crippen LogP contribution >= 0.6 is 0 Å². The first-order chi connectivity index (χ1) is 11.9. The largest absolute Gasteiger partial charge is 0.506 e. The maximum Gasteiger partial charge on any atom is 0.257 e. The maximum absolute atomic E-state index is 13.0. The predicted octanol–water partition coefficient (Wildman–Crippen LogP) is 3.06. The molecule has 0 fully saturated rings. The van der Waals surface area contributed by atoms with E-state index in [1.54, 1.807) is 23.2 Å². The molecule has 2 aromatic heterocycles. The number of aryl methyl sites for hydroxylation is 1. The molecule has 3 aromatic rings. The lowest BCUT2D eigenvalue weighted by atomic mass is 9.76. The molecule has 1 aliphatic rings.